The summed E-state index contributed by atoms with van der Waals surface area (Å²) < 4.78 is 6.66. The van der Waals surface area contributed by atoms with Crippen molar-refractivity contribution in [1.29, 1.82) is 0 Å². The summed E-state index contributed by atoms with van der Waals surface area (Å²) in [5.41, 5.74) is 0.796. The number of thioether (sulfide) groups is 1. The number of aromatic nitrogens is 3. The summed E-state index contributed by atoms with van der Waals surface area (Å²) in [6.07, 6.45) is 1.58. The Bertz CT molecular complexity index is 647. The maximum atomic E-state index is 12.3. The topological polar surface area (TPSA) is 90.2 Å². The highest BCUT2D eigenvalue weighted by molar-refractivity contribution is 8.00. The minimum absolute atomic E-state index is 0.0686. The van der Waals surface area contributed by atoms with Crippen LogP contribution >= 0.6 is 11.8 Å². The number of hydrogen-bond donors (Lipinski definition) is 1. The van der Waals surface area contributed by atoms with E-state index in [4.69, 9.17) is 10.3 Å². The van der Waals surface area contributed by atoms with E-state index in [1.165, 1.54) is 16.4 Å². The number of hydrogen-bond acceptors (Lipinski definition) is 6. The second-order valence-corrected chi connectivity index (χ2v) is 6.15. The fourth-order valence-corrected chi connectivity index (χ4v) is 3.01. The lowest BCUT2D eigenvalue weighted by Gasteiger charge is -2.22. The smallest absolute Gasteiger partial charge is 0.235 e. The summed E-state index contributed by atoms with van der Waals surface area (Å²) in [4.78, 5) is 14.1. The average molecular weight is 323 g/mol. The number of carbonyl (C=O) groups is 1. The Labute approximate surface area is 133 Å². The van der Waals surface area contributed by atoms with Crippen LogP contribution < -0.4 is 5.84 Å². The molecule has 0 aliphatic carbocycles. The van der Waals surface area contributed by atoms with Crippen molar-refractivity contribution in [2.45, 2.75) is 38.1 Å². The zero-order valence-electron chi connectivity index (χ0n) is 13.2. The van der Waals surface area contributed by atoms with Crippen molar-refractivity contribution in [2.75, 3.05) is 18.9 Å². The Hall–Kier alpha value is -1.96. The lowest BCUT2D eigenvalue weighted by Crippen LogP contribution is -2.36. The molecule has 22 heavy (non-hydrogen) atoms. The van der Waals surface area contributed by atoms with Gasteiger partial charge in [-0.2, -0.15) is 0 Å². The van der Waals surface area contributed by atoms with Crippen LogP contribution in [0.5, 0.6) is 0 Å². The molecule has 0 radical (unpaired) electrons. The number of aryl methyl sites for hydroxylation is 1. The van der Waals surface area contributed by atoms with Crippen molar-refractivity contribution in [3.63, 3.8) is 0 Å². The molecule has 0 saturated carbocycles. The third kappa shape index (κ3) is 3.11. The van der Waals surface area contributed by atoms with Crippen molar-refractivity contribution >= 4 is 17.7 Å². The molecule has 8 heteroatoms. The van der Waals surface area contributed by atoms with Crippen LogP contribution in [0.2, 0.25) is 0 Å². The number of nitrogen functional groups attached to an aromatic ring is 1. The molecule has 2 aromatic rings. The number of nitrogens with zero attached hydrogens (tertiary/aromatic N) is 4. The van der Waals surface area contributed by atoms with Gasteiger partial charge in [-0.15, -0.1) is 10.2 Å². The van der Waals surface area contributed by atoms with Gasteiger partial charge >= 0.3 is 0 Å². The van der Waals surface area contributed by atoms with Crippen molar-refractivity contribution in [3.8, 4) is 11.4 Å². The van der Waals surface area contributed by atoms with E-state index in [9.17, 15) is 4.79 Å². The molecular weight excluding hydrogens is 302 g/mol. The molecule has 2 rings (SSSR count). The maximum Gasteiger partial charge on any atom is 0.235 e. The van der Waals surface area contributed by atoms with Gasteiger partial charge < -0.3 is 15.2 Å². The van der Waals surface area contributed by atoms with Crippen molar-refractivity contribution in [3.05, 3.63) is 18.1 Å². The molecule has 1 amide bonds. The number of amides is 1. The predicted molar refractivity (Wildman–Crippen MR) is 85.9 cm³/mol. The van der Waals surface area contributed by atoms with Crippen LogP contribution in [-0.2, 0) is 4.79 Å². The molecule has 0 spiro atoms. The highest BCUT2D eigenvalue weighted by Crippen LogP contribution is 2.27. The zero-order valence-corrected chi connectivity index (χ0v) is 14.1. The Balaban J connectivity index is 2.16. The molecule has 1 atom stereocenters. The van der Waals surface area contributed by atoms with E-state index >= 15 is 0 Å². The SMILES string of the molecule is CCN(CC)C(=O)C(C)Sc1nnc(-c2ccoc2C)n1N. The van der Waals surface area contributed by atoms with Gasteiger partial charge in [0, 0.05) is 13.1 Å². The van der Waals surface area contributed by atoms with Gasteiger partial charge in [0.15, 0.2) is 5.82 Å². The monoisotopic (exact) mass is 323 g/mol. The first-order chi connectivity index (χ1) is 10.5. The first-order valence-electron chi connectivity index (χ1n) is 7.19. The first kappa shape index (κ1) is 16.4. The Morgan fingerprint density at radius 1 is 1.45 bits per heavy atom. The second kappa shape index (κ2) is 6.87. The number of furan rings is 1. The third-order valence-corrected chi connectivity index (χ3v) is 4.51. The number of carbonyl (C=O) groups excluding carboxylic acids is 1. The van der Waals surface area contributed by atoms with Crippen LogP contribution in [0.3, 0.4) is 0 Å². The molecule has 0 fully saturated rings. The summed E-state index contributed by atoms with van der Waals surface area (Å²) in [5, 5.41) is 8.41. The number of rotatable bonds is 6. The van der Waals surface area contributed by atoms with E-state index < -0.39 is 0 Å². The molecule has 7 nitrogen and oxygen atoms in total. The van der Waals surface area contributed by atoms with Gasteiger partial charge in [0.2, 0.25) is 11.1 Å². The van der Waals surface area contributed by atoms with Crippen molar-refractivity contribution in [1.82, 2.24) is 19.8 Å². The van der Waals surface area contributed by atoms with Crippen molar-refractivity contribution in [2.24, 2.45) is 0 Å². The van der Waals surface area contributed by atoms with Gasteiger partial charge in [0.1, 0.15) is 5.76 Å². The van der Waals surface area contributed by atoms with Crippen LogP contribution in [0.25, 0.3) is 11.4 Å². The Morgan fingerprint density at radius 2 is 2.14 bits per heavy atom. The standard InChI is InChI=1S/C14H21N5O2S/c1-5-18(6-2)13(20)10(4)22-14-17-16-12(19(14)15)11-7-8-21-9(11)3/h7-8,10H,5-6,15H2,1-4H3. The fraction of sp³-hybridized carbons (Fsp3) is 0.500. The molecule has 2 heterocycles. The highest BCUT2D eigenvalue weighted by atomic mass is 32.2. The molecule has 0 aliphatic rings. The Kier molecular flexibility index (Phi) is 5.12. The summed E-state index contributed by atoms with van der Waals surface area (Å²) in [6, 6.07) is 1.79. The molecular formula is C14H21N5O2S. The molecule has 0 aliphatic heterocycles. The van der Waals surface area contributed by atoms with Gasteiger partial charge in [0.25, 0.3) is 0 Å². The minimum atomic E-state index is -0.273. The van der Waals surface area contributed by atoms with E-state index in [0.29, 0.717) is 24.1 Å². The van der Waals surface area contributed by atoms with Crippen LogP contribution in [0.15, 0.2) is 21.9 Å². The molecule has 1 unspecified atom stereocenters. The van der Waals surface area contributed by atoms with Gasteiger partial charge in [-0.25, -0.2) is 4.68 Å². The van der Waals surface area contributed by atoms with Crippen LogP contribution in [-0.4, -0.2) is 44.0 Å². The average Bonchev–Trinajstić information content (AvgIpc) is 3.07. The highest BCUT2D eigenvalue weighted by Gasteiger charge is 2.23. The van der Waals surface area contributed by atoms with Gasteiger partial charge in [-0.3, -0.25) is 4.79 Å². The lowest BCUT2D eigenvalue weighted by atomic mass is 10.2. The first-order valence-corrected chi connectivity index (χ1v) is 8.07. The van der Waals surface area contributed by atoms with Crippen molar-refractivity contribution < 1.29 is 9.21 Å². The summed E-state index contributed by atoms with van der Waals surface area (Å²) in [7, 11) is 0. The van der Waals surface area contributed by atoms with Gasteiger partial charge in [0.05, 0.1) is 17.1 Å². The predicted octanol–water partition coefficient (Wildman–Crippen LogP) is 1.91. The van der Waals surface area contributed by atoms with E-state index in [1.807, 2.05) is 27.7 Å². The molecule has 2 N–H and O–H groups in total. The van der Waals surface area contributed by atoms with Gasteiger partial charge in [-0.05, 0) is 33.8 Å². The lowest BCUT2D eigenvalue weighted by molar-refractivity contribution is -0.129. The molecule has 2 aromatic heterocycles. The molecule has 0 aromatic carbocycles. The van der Waals surface area contributed by atoms with Crippen LogP contribution in [0, 0.1) is 6.92 Å². The quantitative estimate of drug-likeness (QED) is 0.645. The third-order valence-electron chi connectivity index (χ3n) is 3.47. The molecule has 0 bridgehead atoms. The van der Waals surface area contributed by atoms with E-state index in [1.54, 1.807) is 17.2 Å². The van der Waals surface area contributed by atoms with E-state index in [2.05, 4.69) is 10.2 Å². The van der Waals surface area contributed by atoms with E-state index in [-0.39, 0.29) is 11.2 Å². The normalized spacial score (nSPS) is 12.4. The maximum absolute atomic E-state index is 12.3. The summed E-state index contributed by atoms with van der Waals surface area (Å²) >= 11 is 1.30. The second-order valence-electron chi connectivity index (χ2n) is 4.84. The van der Waals surface area contributed by atoms with Crippen LogP contribution in [0.4, 0.5) is 0 Å². The fourth-order valence-electron chi connectivity index (χ4n) is 2.16. The zero-order chi connectivity index (χ0) is 16.3. The molecule has 120 valence electrons. The number of nitrogens with two attached hydrogens (primary N) is 1. The minimum Gasteiger partial charge on any atom is -0.469 e. The summed E-state index contributed by atoms with van der Waals surface area (Å²) in [6.45, 7) is 8.99. The molecule has 0 saturated heterocycles. The largest absolute Gasteiger partial charge is 0.469 e. The Morgan fingerprint density at radius 3 is 2.68 bits per heavy atom. The summed E-state index contributed by atoms with van der Waals surface area (Å²) in [5.74, 6) is 7.38. The van der Waals surface area contributed by atoms with E-state index in [0.717, 1.165) is 11.3 Å². The van der Waals surface area contributed by atoms with Crippen LogP contribution in [0.1, 0.15) is 26.5 Å². The van der Waals surface area contributed by atoms with Gasteiger partial charge in [-0.1, -0.05) is 11.8 Å².